The van der Waals surface area contributed by atoms with Crippen LogP contribution in [0.15, 0.2) is 18.2 Å². The highest BCUT2D eigenvalue weighted by atomic mass is 19.2. The quantitative estimate of drug-likeness (QED) is 0.149. The van der Waals surface area contributed by atoms with Crippen molar-refractivity contribution in [2.75, 3.05) is 7.11 Å². The lowest BCUT2D eigenvalue weighted by atomic mass is 9.96. The number of esters is 1. The first-order valence-electron chi connectivity index (χ1n) is 14.2. The Bertz CT molecular complexity index is 1590. The second kappa shape index (κ2) is 14.3. The second-order valence-corrected chi connectivity index (χ2v) is 11.7. The van der Waals surface area contributed by atoms with Crippen molar-refractivity contribution in [2.24, 2.45) is 0 Å². The molecule has 0 radical (unpaired) electrons. The van der Waals surface area contributed by atoms with Gasteiger partial charge < -0.3 is 14.8 Å². The van der Waals surface area contributed by atoms with Crippen LogP contribution in [-0.4, -0.2) is 40.8 Å². The van der Waals surface area contributed by atoms with Gasteiger partial charge in [-0.3, -0.25) is 9.97 Å². The number of nitrogens with one attached hydrogen (secondary N) is 1. The third-order valence-electron chi connectivity index (χ3n) is 6.75. The highest BCUT2D eigenvalue weighted by Gasteiger charge is 2.29. The Balaban J connectivity index is 2.11. The third kappa shape index (κ3) is 8.73. The van der Waals surface area contributed by atoms with Gasteiger partial charge in [0.25, 0.3) is 0 Å². The fourth-order valence-electron chi connectivity index (χ4n) is 4.63. The van der Waals surface area contributed by atoms with Gasteiger partial charge in [-0.05, 0) is 56.4 Å². The number of aromatic nitrogens is 2. The van der Waals surface area contributed by atoms with Crippen LogP contribution in [0.5, 0.6) is 0 Å². The van der Waals surface area contributed by atoms with Gasteiger partial charge in [-0.25, -0.2) is 35.9 Å². The average molecular weight is 640 g/mol. The van der Waals surface area contributed by atoms with E-state index in [1.54, 1.807) is 27.7 Å². The molecule has 0 saturated heterocycles. The predicted molar refractivity (Wildman–Crippen MR) is 153 cm³/mol. The molecule has 0 unspecified atom stereocenters. The van der Waals surface area contributed by atoms with E-state index in [0.717, 1.165) is 7.11 Å². The van der Waals surface area contributed by atoms with E-state index in [-0.39, 0.29) is 22.9 Å². The molecule has 45 heavy (non-hydrogen) atoms. The summed E-state index contributed by atoms with van der Waals surface area (Å²) in [4.78, 5) is 33.9. The standard InChI is InChI=1S/C32H35F6N3O4/c1-8-23-29(15(2)3)40-25(24(39-23)11-16-9-20(34)21(35)14-19(16)33)13-18-27(37)17(10-22(36)28(18)38)12-26(30(42)44-7)41-31(43)45-32(4,5)6/h9-10,14-15,26H,8,11-13H2,1-7H3,(H,41,43)/t26-/m1/s1. The van der Waals surface area contributed by atoms with Gasteiger partial charge in [-0.2, -0.15) is 0 Å². The summed E-state index contributed by atoms with van der Waals surface area (Å²) in [5.74, 6) is -9.17. The van der Waals surface area contributed by atoms with Gasteiger partial charge in [-0.15, -0.1) is 0 Å². The molecular formula is C32H35F6N3O4. The van der Waals surface area contributed by atoms with E-state index >= 15 is 8.78 Å². The molecule has 3 aromatic rings. The summed E-state index contributed by atoms with van der Waals surface area (Å²) in [6.45, 7) is 10.2. The minimum absolute atomic E-state index is 0.0183. The Labute approximate surface area is 257 Å². The summed E-state index contributed by atoms with van der Waals surface area (Å²) >= 11 is 0. The lowest BCUT2D eigenvalue weighted by Gasteiger charge is -2.23. The number of hydrogen-bond acceptors (Lipinski definition) is 6. The van der Waals surface area contributed by atoms with Crippen LogP contribution in [0.3, 0.4) is 0 Å². The number of aryl methyl sites for hydroxylation is 1. The number of alkyl carbamates (subject to hydrolysis) is 1. The van der Waals surface area contributed by atoms with E-state index in [4.69, 9.17) is 9.47 Å². The molecule has 3 rings (SSSR count). The molecule has 0 aliphatic heterocycles. The number of nitrogens with zero attached hydrogens (tertiary/aromatic N) is 2. The average Bonchev–Trinajstić information content (AvgIpc) is 2.95. The lowest BCUT2D eigenvalue weighted by molar-refractivity contribution is -0.143. The molecule has 1 amide bonds. The normalized spacial score (nSPS) is 12.3. The molecule has 1 N–H and O–H groups in total. The highest BCUT2D eigenvalue weighted by Crippen LogP contribution is 2.28. The summed E-state index contributed by atoms with van der Waals surface area (Å²) in [6, 6.07) is 0.0659. The van der Waals surface area contributed by atoms with Gasteiger partial charge >= 0.3 is 12.1 Å². The molecule has 1 heterocycles. The molecule has 1 atom stereocenters. The van der Waals surface area contributed by atoms with Crippen LogP contribution >= 0.6 is 0 Å². The van der Waals surface area contributed by atoms with Crippen molar-refractivity contribution < 1.29 is 45.4 Å². The number of carbonyl (C=O) groups excluding carboxylic acids is 2. The fraction of sp³-hybridized carbons (Fsp3) is 0.438. The number of rotatable bonds is 10. The van der Waals surface area contributed by atoms with Crippen LogP contribution < -0.4 is 5.32 Å². The third-order valence-corrected chi connectivity index (χ3v) is 6.75. The molecule has 244 valence electrons. The summed E-state index contributed by atoms with van der Waals surface area (Å²) in [5, 5.41) is 2.25. The van der Waals surface area contributed by atoms with Gasteiger partial charge in [0.1, 0.15) is 23.3 Å². The molecule has 0 bridgehead atoms. The SMILES string of the molecule is CCc1nc(Cc2cc(F)c(F)cc2F)c(Cc2c(F)c(F)cc(C[C@@H](NC(=O)OC(C)(C)C)C(=O)OC)c2F)nc1C(C)C. The second-order valence-electron chi connectivity index (χ2n) is 11.7. The summed E-state index contributed by atoms with van der Waals surface area (Å²) in [6.07, 6.45) is -2.34. The zero-order chi connectivity index (χ0) is 33.8. The first-order valence-corrected chi connectivity index (χ1v) is 14.2. The van der Waals surface area contributed by atoms with Gasteiger partial charge in [0.05, 0.1) is 29.9 Å². The zero-order valence-corrected chi connectivity index (χ0v) is 26.0. The number of amides is 1. The number of benzene rings is 2. The van der Waals surface area contributed by atoms with Gasteiger partial charge in [-0.1, -0.05) is 20.8 Å². The van der Waals surface area contributed by atoms with E-state index in [1.807, 2.05) is 13.8 Å². The summed E-state index contributed by atoms with van der Waals surface area (Å²) in [5.41, 5.74) is -1.51. The topological polar surface area (TPSA) is 90.4 Å². The predicted octanol–water partition coefficient (Wildman–Crippen LogP) is 6.79. The molecule has 7 nitrogen and oxygen atoms in total. The molecule has 0 fully saturated rings. The van der Waals surface area contributed by atoms with Crippen LogP contribution in [0.1, 0.15) is 86.9 Å². The Kier molecular flexibility index (Phi) is 11.2. The zero-order valence-electron chi connectivity index (χ0n) is 26.0. The Morgan fingerprint density at radius 3 is 2.00 bits per heavy atom. The van der Waals surface area contributed by atoms with Crippen molar-refractivity contribution in [1.82, 2.24) is 15.3 Å². The number of methoxy groups -OCH3 is 1. The maximum absolute atomic E-state index is 16.0. The van der Waals surface area contributed by atoms with Crippen molar-refractivity contribution in [3.8, 4) is 0 Å². The monoisotopic (exact) mass is 639 g/mol. The number of halogens is 6. The Hall–Kier alpha value is -4.16. The van der Waals surface area contributed by atoms with E-state index in [9.17, 15) is 27.2 Å². The number of carbonyl (C=O) groups is 2. The van der Waals surface area contributed by atoms with Crippen LogP contribution in [0.2, 0.25) is 0 Å². The number of hydrogen-bond donors (Lipinski definition) is 1. The highest BCUT2D eigenvalue weighted by molar-refractivity contribution is 5.81. The molecule has 0 aliphatic rings. The number of ether oxygens (including phenoxy) is 2. The van der Waals surface area contributed by atoms with Crippen LogP contribution in [0.4, 0.5) is 31.1 Å². The summed E-state index contributed by atoms with van der Waals surface area (Å²) in [7, 11) is 1.03. The largest absolute Gasteiger partial charge is 0.467 e. The molecule has 2 aromatic carbocycles. The van der Waals surface area contributed by atoms with Crippen molar-refractivity contribution in [2.45, 2.75) is 84.8 Å². The maximum Gasteiger partial charge on any atom is 0.408 e. The molecule has 13 heteroatoms. The molecule has 0 aliphatic carbocycles. The van der Waals surface area contributed by atoms with Crippen LogP contribution in [0.25, 0.3) is 0 Å². The van der Waals surface area contributed by atoms with Crippen molar-refractivity contribution >= 4 is 12.1 Å². The Morgan fingerprint density at radius 2 is 1.42 bits per heavy atom. The molecular weight excluding hydrogens is 604 g/mol. The van der Waals surface area contributed by atoms with Crippen molar-refractivity contribution in [3.05, 3.63) is 92.6 Å². The minimum Gasteiger partial charge on any atom is -0.467 e. The fourth-order valence-corrected chi connectivity index (χ4v) is 4.63. The molecule has 1 aromatic heterocycles. The first-order chi connectivity index (χ1) is 20.9. The molecule has 0 spiro atoms. The van der Waals surface area contributed by atoms with Crippen LogP contribution in [0, 0.1) is 34.9 Å². The van der Waals surface area contributed by atoms with Crippen molar-refractivity contribution in [3.63, 3.8) is 0 Å². The first kappa shape index (κ1) is 35.3. The smallest absolute Gasteiger partial charge is 0.408 e. The lowest BCUT2D eigenvalue weighted by Crippen LogP contribution is -2.45. The van der Waals surface area contributed by atoms with Gasteiger partial charge in [0, 0.05) is 30.9 Å². The van der Waals surface area contributed by atoms with Crippen LogP contribution in [-0.2, 0) is 40.0 Å². The van der Waals surface area contributed by atoms with E-state index in [1.165, 1.54) is 0 Å². The van der Waals surface area contributed by atoms with Gasteiger partial charge in [0.2, 0.25) is 0 Å². The van der Waals surface area contributed by atoms with Gasteiger partial charge in [0.15, 0.2) is 23.3 Å². The van der Waals surface area contributed by atoms with Crippen molar-refractivity contribution in [1.29, 1.82) is 0 Å². The molecule has 0 saturated carbocycles. The summed E-state index contributed by atoms with van der Waals surface area (Å²) < 4.78 is 98.1. The minimum atomic E-state index is -1.54. The Morgan fingerprint density at radius 1 is 0.822 bits per heavy atom. The van der Waals surface area contributed by atoms with E-state index < -0.39 is 89.0 Å². The van der Waals surface area contributed by atoms with E-state index in [2.05, 4.69) is 15.3 Å². The maximum atomic E-state index is 16.0. The van der Waals surface area contributed by atoms with E-state index in [0.29, 0.717) is 36.0 Å².